The highest BCUT2D eigenvalue weighted by atomic mass is 19.4. The highest BCUT2D eigenvalue weighted by molar-refractivity contribution is 5.57. The van der Waals surface area contributed by atoms with E-state index in [1.165, 1.54) is 18.6 Å². The van der Waals surface area contributed by atoms with Crippen LogP contribution in [-0.2, 0) is 0 Å². The lowest BCUT2D eigenvalue weighted by atomic mass is 9.83. The number of halogens is 3. The molecule has 1 atom stereocenters. The number of alkyl halides is 3. The van der Waals surface area contributed by atoms with Gasteiger partial charge in [-0.1, -0.05) is 33.3 Å². The molecule has 11 heteroatoms. The summed E-state index contributed by atoms with van der Waals surface area (Å²) in [5.74, 6) is 0.641. The van der Waals surface area contributed by atoms with Crippen molar-refractivity contribution in [3.63, 3.8) is 0 Å². The number of hydrazone groups is 1. The molecular weight excluding hydrogens is 507 g/mol. The van der Waals surface area contributed by atoms with Crippen LogP contribution in [0.15, 0.2) is 70.3 Å². The van der Waals surface area contributed by atoms with Crippen molar-refractivity contribution in [1.82, 2.24) is 20.8 Å². The first-order valence-corrected chi connectivity index (χ1v) is 12.6. The number of aryl methyl sites for hydroxylation is 1. The number of pyridine rings is 1. The molecule has 2 heterocycles. The molecule has 0 radical (unpaired) electrons. The van der Waals surface area contributed by atoms with Crippen molar-refractivity contribution < 1.29 is 17.9 Å². The van der Waals surface area contributed by atoms with Crippen LogP contribution in [0.5, 0.6) is 5.88 Å². The molecule has 1 unspecified atom stereocenters. The number of methoxy groups -OCH3 is 1. The molecule has 0 amide bonds. The summed E-state index contributed by atoms with van der Waals surface area (Å²) in [4.78, 5) is 6.32. The predicted molar refractivity (Wildman–Crippen MR) is 153 cm³/mol. The number of hydrogen-bond acceptors (Lipinski definition) is 7. The lowest BCUT2D eigenvalue weighted by molar-refractivity contribution is -0.0881. The van der Waals surface area contributed by atoms with E-state index in [-0.39, 0.29) is 5.41 Å². The molecule has 4 N–H and O–H groups in total. The number of hydrogen-bond donors (Lipinski definition) is 3. The van der Waals surface area contributed by atoms with Gasteiger partial charge in [-0.05, 0) is 44.2 Å². The van der Waals surface area contributed by atoms with Gasteiger partial charge in [-0.3, -0.25) is 0 Å². The van der Waals surface area contributed by atoms with E-state index < -0.39 is 11.7 Å². The fraction of sp³-hybridized carbons (Fsp3) is 0.464. The fourth-order valence-electron chi connectivity index (χ4n) is 3.48. The molecule has 1 aromatic rings. The molecule has 1 aliphatic carbocycles. The SMILES string of the molecule is CC1(C2=C=CC=C(C(F)(F)F)C=C2)CNN(/N=C\N)C1.CCC.CN/C(C)=C\N(C)c1ccc(C)nc1OC. The molecule has 39 heavy (non-hydrogen) atoms. The van der Waals surface area contributed by atoms with Crippen LogP contribution in [0.3, 0.4) is 0 Å². The van der Waals surface area contributed by atoms with Crippen molar-refractivity contribution in [3.05, 3.63) is 70.9 Å². The number of aromatic nitrogens is 1. The minimum absolute atomic E-state index is 0.381. The summed E-state index contributed by atoms with van der Waals surface area (Å²) in [5.41, 5.74) is 13.7. The van der Waals surface area contributed by atoms with Gasteiger partial charge >= 0.3 is 6.18 Å². The molecule has 1 saturated heterocycles. The van der Waals surface area contributed by atoms with Gasteiger partial charge in [0.15, 0.2) is 0 Å². The van der Waals surface area contributed by atoms with Gasteiger partial charge in [-0.25, -0.2) is 15.5 Å². The van der Waals surface area contributed by atoms with Crippen LogP contribution >= 0.6 is 0 Å². The van der Waals surface area contributed by atoms with E-state index >= 15 is 0 Å². The highest BCUT2D eigenvalue weighted by Gasteiger charge is 2.37. The quantitative estimate of drug-likeness (QED) is 0.256. The Kier molecular flexibility index (Phi) is 13.4. The van der Waals surface area contributed by atoms with Crippen LogP contribution in [0.1, 0.15) is 39.8 Å². The predicted octanol–water partition coefficient (Wildman–Crippen LogP) is 5.19. The number of rotatable bonds is 6. The van der Waals surface area contributed by atoms with Gasteiger partial charge in [-0.15, -0.1) is 5.73 Å². The molecule has 0 spiro atoms. The summed E-state index contributed by atoms with van der Waals surface area (Å²) in [5, 5.41) is 8.53. The Hall–Kier alpha value is -3.69. The third-order valence-corrected chi connectivity index (χ3v) is 5.60. The molecule has 3 rings (SSSR count). The van der Waals surface area contributed by atoms with Crippen LogP contribution < -0.4 is 26.1 Å². The number of allylic oxidation sites excluding steroid dienone is 5. The zero-order valence-electron chi connectivity index (χ0n) is 24.1. The normalized spacial score (nSPS) is 18.8. The Balaban J connectivity index is 0.000000362. The van der Waals surface area contributed by atoms with E-state index in [1.54, 1.807) is 12.2 Å². The van der Waals surface area contributed by atoms with Crippen LogP contribution in [0, 0.1) is 12.3 Å². The first-order valence-electron chi connectivity index (χ1n) is 12.6. The first kappa shape index (κ1) is 33.3. The molecule has 8 nitrogen and oxygen atoms in total. The van der Waals surface area contributed by atoms with Crippen molar-refractivity contribution in [1.29, 1.82) is 0 Å². The van der Waals surface area contributed by atoms with E-state index in [0.717, 1.165) is 35.6 Å². The Morgan fingerprint density at radius 3 is 2.59 bits per heavy atom. The summed E-state index contributed by atoms with van der Waals surface area (Å²) < 4.78 is 43.2. The van der Waals surface area contributed by atoms with Crippen LogP contribution in [-0.4, -0.2) is 56.9 Å². The average Bonchev–Trinajstić information content (AvgIpc) is 3.08. The van der Waals surface area contributed by atoms with E-state index in [2.05, 4.69) is 40.4 Å². The monoisotopic (exact) mass is 549 g/mol. The highest BCUT2D eigenvalue weighted by Crippen LogP contribution is 2.34. The third-order valence-electron chi connectivity index (χ3n) is 5.60. The zero-order chi connectivity index (χ0) is 29.6. The molecular formula is C28H42F3N7O. The van der Waals surface area contributed by atoms with Crippen LogP contribution in [0.2, 0.25) is 0 Å². The van der Waals surface area contributed by atoms with E-state index in [0.29, 0.717) is 24.5 Å². The zero-order valence-corrected chi connectivity index (χ0v) is 24.1. The second-order valence-corrected chi connectivity index (χ2v) is 9.26. The Morgan fingerprint density at radius 2 is 2.03 bits per heavy atom. The van der Waals surface area contributed by atoms with Crippen LogP contribution in [0.4, 0.5) is 18.9 Å². The summed E-state index contributed by atoms with van der Waals surface area (Å²) in [6.07, 6.45) is 4.91. The third kappa shape index (κ3) is 10.5. The van der Waals surface area contributed by atoms with Crippen molar-refractivity contribution in [2.24, 2.45) is 16.3 Å². The number of ether oxygens (including phenoxy) is 1. The molecule has 2 aliphatic rings. The van der Waals surface area contributed by atoms with Crippen molar-refractivity contribution in [3.8, 4) is 5.88 Å². The second-order valence-electron chi connectivity index (χ2n) is 9.26. The molecule has 1 aliphatic heterocycles. The topological polar surface area (TPSA) is 91.0 Å². The van der Waals surface area contributed by atoms with Gasteiger partial charge in [0.2, 0.25) is 5.88 Å². The number of nitrogens with zero attached hydrogens (tertiary/aromatic N) is 4. The molecule has 216 valence electrons. The molecule has 0 aromatic carbocycles. The minimum atomic E-state index is -4.35. The van der Waals surface area contributed by atoms with Gasteiger partial charge < -0.3 is 20.7 Å². The maximum Gasteiger partial charge on any atom is 0.416 e. The first-order chi connectivity index (χ1) is 18.3. The largest absolute Gasteiger partial charge is 0.480 e. The summed E-state index contributed by atoms with van der Waals surface area (Å²) in [7, 11) is 5.49. The van der Waals surface area contributed by atoms with Gasteiger partial charge in [0, 0.05) is 49.2 Å². The number of nitrogens with two attached hydrogens (primary N) is 1. The molecule has 0 saturated carbocycles. The van der Waals surface area contributed by atoms with Crippen molar-refractivity contribution in [2.45, 2.75) is 47.2 Å². The van der Waals surface area contributed by atoms with Gasteiger partial charge in [0.05, 0.1) is 19.2 Å². The van der Waals surface area contributed by atoms with Crippen molar-refractivity contribution in [2.75, 3.05) is 39.2 Å². The summed E-state index contributed by atoms with van der Waals surface area (Å²) in [6, 6.07) is 3.97. The van der Waals surface area contributed by atoms with Gasteiger partial charge in [0.1, 0.15) is 12.0 Å². The summed E-state index contributed by atoms with van der Waals surface area (Å²) in [6.45, 7) is 11.2. The standard InChI is InChI=1S/C13H15F3N4.C12H19N3O.C3H8/c1-12(7-18-20(8-12)19-9-17)10-3-2-4-11(6-5-10)13(14,15)16;1-9-6-7-11(12(14-9)16-5)15(4)8-10(2)13-3;1-3-2/h2,4-6,9,18H,7-8H2,1H3,(H2,17,19);6-8,13H,1-5H3;3H2,1-2H3/b;10-8-;. The minimum Gasteiger partial charge on any atom is -0.480 e. The lowest BCUT2D eigenvalue weighted by Crippen LogP contribution is -2.26. The Labute approximate surface area is 230 Å². The van der Waals surface area contributed by atoms with Gasteiger partial charge in [0.25, 0.3) is 0 Å². The Morgan fingerprint density at radius 1 is 1.36 bits per heavy atom. The molecule has 0 bridgehead atoms. The fourth-order valence-corrected chi connectivity index (χ4v) is 3.48. The lowest BCUT2D eigenvalue weighted by Gasteiger charge is -2.22. The maximum atomic E-state index is 12.7. The number of nitrogens with one attached hydrogen (secondary N) is 2. The van der Waals surface area contributed by atoms with E-state index in [4.69, 9.17) is 10.5 Å². The average molecular weight is 550 g/mol. The number of hydrazine groups is 1. The van der Waals surface area contributed by atoms with Crippen LogP contribution in [0.25, 0.3) is 0 Å². The number of anilines is 1. The molecule has 1 aromatic heterocycles. The van der Waals surface area contributed by atoms with Crippen molar-refractivity contribution >= 4 is 12.0 Å². The Bertz CT molecular complexity index is 1120. The second kappa shape index (κ2) is 15.7. The summed E-state index contributed by atoms with van der Waals surface area (Å²) >= 11 is 0. The van der Waals surface area contributed by atoms with E-state index in [9.17, 15) is 13.2 Å². The maximum absolute atomic E-state index is 12.7. The van der Waals surface area contributed by atoms with Gasteiger partial charge in [-0.2, -0.15) is 18.3 Å². The smallest absolute Gasteiger partial charge is 0.416 e. The van der Waals surface area contributed by atoms with E-state index in [1.807, 2.05) is 58.1 Å². The molecule has 1 fully saturated rings.